The molecule has 1 aromatic rings. The minimum Gasteiger partial charge on any atom is -0.378 e. The third-order valence-corrected chi connectivity index (χ3v) is 5.92. The van der Waals surface area contributed by atoms with E-state index in [1.165, 1.54) is 24.8 Å². The predicted octanol–water partition coefficient (Wildman–Crippen LogP) is 4.76. The Morgan fingerprint density at radius 3 is 2.46 bits per heavy atom. The highest BCUT2D eigenvalue weighted by Crippen LogP contribution is 2.34. The van der Waals surface area contributed by atoms with Gasteiger partial charge in [-0.25, -0.2) is 0 Å². The van der Waals surface area contributed by atoms with Crippen LogP contribution in [0.1, 0.15) is 56.9 Å². The Bertz CT molecular complexity index is 557. The maximum absolute atomic E-state index is 12.7. The number of benzene rings is 1. The first-order valence-electron chi connectivity index (χ1n) is 10.3. The first kappa shape index (κ1) is 19.3. The lowest BCUT2D eigenvalue weighted by Crippen LogP contribution is -2.57. The van der Waals surface area contributed by atoms with Gasteiger partial charge in [-0.15, -0.1) is 6.58 Å². The van der Waals surface area contributed by atoms with Gasteiger partial charge in [-0.05, 0) is 37.7 Å². The number of morpholine rings is 1. The summed E-state index contributed by atoms with van der Waals surface area (Å²) in [6.07, 6.45) is 10.4. The number of fused-ring (bicyclic) bond motifs is 2. The number of hydrogen-bond acceptors (Lipinski definition) is 3. The quantitative estimate of drug-likeness (QED) is 0.447. The summed E-state index contributed by atoms with van der Waals surface area (Å²) in [4.78, 5) is 15.3. The van der Waals surface area contributed by atoms with Crippen molar-refractivity contribution in [2.75, 3.05) is 13.2 Å². The SMILES string of the molecule is C=CCCCCCCC(=O)C1CC2COCC(C1)N2Cc1ccccc1. The van der Waals surface area contributed by atoms with Crippen molar-refractivity contribution in [1.82, 2.24) is 4.90 Å². The van der Waals surface area contributed by atoms with Gasteiger partial charge in [0.15, 0.2) is 0 Å². The Kier molecular flexibility index (Phi) is 7.45. The highest BCUT2D eigenvalue weighted by molar-refractivity contribution is 5.81. The number of allylic oxidation sites excluding steroid dienone is 1. The Morgan fingerprint density at radius 2 is 1.77 bits per heavy atom. The lowest BCUT2D eigenvalue weighted by Gasteiger charge is -2.48. The number of nitrogens with zero attached hydrogens (tertiary/aromatic N) is 1. The van der Waals surface area contributed by atoms with E-state index in [9.17, 15) is 4.79 Å². The number of rotatable bonds is 10. The summed E-state index contributed by atoms with van der Waals surface area (Å²) in [6.45, 7) is 6.28. The maximum atomic E-state index is 12.7. The fraction of sp³-hybridized carbons (Fsp3) is 0.609. The van der Waals surface area contributed by atoms with Gasteiger partial charge in [-0.1, -0.05) is 49.2 Å². The number of ether oxygens (including phenoxy) is 1. The van der Waals surface area contributed by atoms with Crippen LogP contribution in [0.15, 0.2) is 43.0 Å². The molecule has 2 atom stereocenters. The van der Waals surface area contributed by atoms with Gasteiger partial charge in [-0.3, -0.25) is 9.69 Å². The Hall–Kier alpha value is -1.45. The number of carbonyl (C=O) groups excluding carboxylic acids is 1. The van der Waals surface area contributed by atoms with Crippen LogP contribution in [0.4, 0.5) is 0 Å². The average Bonchev–Trinajstić information content (AvgIpc) is 2.65. The summed E-state index contributed by atoms with van der Waals surface area (Å²) in [5, 5.41) is 0. The van der Waals surface area contributed by atoms with E-state index in [1.54, 1.807) is 0 Å². The van der Waals surface area contributed by atoms with E-state index in [0.29, 0.717) is 17.9 Å². The van der Waals surface area contributed by atoms with Crippen molar-refractivity contribution in [3.05, 3.63) is 48.6 Å². The second kappa shape index (κ2) is 10.0. The molecule has 2 unspecified atom stereocenters. The minimum atomic E-state index is 0.245. The molecule has 2 aliphatic heterocycles. The molecule has 2 aliphatic rings. The van der Waals surface area contributed by atoms with Crippen molar-refractivity contribution in [1.29, 1.82) is 0 Å². The lowest BCUT2D eigenvalue weighted by molar-refractivity contribution is -0.133. The Morgan fingerprint density at radius 1 is 1.08 bits per heavy atom. The lowest BCUT2D eigenvalue weighted by atomic mass is 9.81. The Labute approximate surface area is 158 Å². The first-order chi connectivity index (χ1) is 12.8. The number of Topliss-reactive ketones (excluding diaryl/α,β-unsaturated/α-hetero) is 1. The summed E-state index contributed by atoms with van der Waals surface area (Å²) in [5.74, 6) is 0.735. The summed E-state index contributed by atoms with van der Waals surface area (Å²) < 4.78 is 5.81. The van der Waals surface area contributed by atoms with Crippen molar-refractivity contribution >= 4 is 5.78 Å². The molecular weight excluding hydrogens is 322 g/mol. The molecule has 1 aromatic carbocycles. The van der Waals surface area contributed by atoms with E-state index < -0.39 is 0 Å². The van der Waals surface area contributed by atoms with Crippen molar-refractivity contribution in [2.45, 2.75) is 70.0 Å². The third kappa shape index (κ3) is 5.28. The number of ketones is 1. The molecule has 0 spiro atoms. The van der Waals surface area contributed by atoms with Gasteiger partial charge in [0.1, 0.15) is 5.78 Å². The van der Waals surface area contributed by atoms with E-state index in [1.807, 2.05) is 6.08 Å². The molecular formula is C23H33NO2. The average molecular weight is 356 g/mol. The standard InChI is InChI=1S/C23H33NO2/c1-2-3-4-5-6-10-13-23(25)20-14-21-17-26-18-22(15-20)24(21)16-19-11-8-7-9-12-19/h2,7-9,11-12,20-22H,1,3-6,10,13-18H2. The van der Waals surface area contributed by atoms with Crippen LogP contribution in [-0.2, 0) is 16.1 Å². The molecule has 142 valence electrons. The molecule has 0 aromatic heterocycles. The van der Waals surface area contributed by atoms with Crippen LogP contribution < -0.4 is 0 Å². The van der Waals surface area contributed by atoms with E-state index in [2.05, 4.69) is 41.8 Å². The van der Waals surface area contributed by atoms with Crippen LogP contribution in [0.25, 0.3) is 0 Å². The number of hydrogen-bond donors (Lipinski definition) is 0. The number of carbonyl (C=O) groups is 1. The van der Waals surface area contributed by atoms with Crippen LogP contribution in [0, 0.1) is 5.92 Å². The van der Waals surface area contributed by atoms with Crippen molar-refractivity contribution in [3.8, 4) is 0 Å². The molecule has 26 heavy (non-hydrogen) atoms. The summed E-state index contributed by atoms with van der Waals surface area (Å²) >= 11 is 0. The summed E-state index contributed by atoms with van der Waals surface area (Å²) in [5.41, 5.74) is 1.36. The zero-order valence-corrected chi connectivity index (χ0v) is 15.9. The van der Waals surface area contributed by atoms with E-state index >= 15 is 0 Å². The van der Waals surface area contributed by atoms with Gasteiger partial charge in [-0.2, -0.15) is 0 Å². The maximum Gasteiger partial charge on any atom is 0.136 e. The summed E-state index contributed by atoms with van der Waals surface area (Å²) in [6, 6.07) is 11.4. The van der Waals surface area contributed by atoms with E-state index in [-0.39, 0.29) is 5.92 Å². The number of piperidine rings is 1. The highest BCUT2D eigenvalue weighted by Gasteiger charge is 2.40. The van der Waals surface area contributed by atoms with Gasteiger partial charge >= 0.3 is 0 Å². The third-order valence-electron chi connectivity index (χ3n) is 5.92. The fourth-order valence-electron chi connectivity index (χ4n) is 4.45. The van der Waals surface area contributed by atoms with Crippen LogP contribution in [0.2, 0.25) is 0 Å². The first-order valence-corrected chi connectivity index (χ1v) is 10.3. The topological polar surface area (TPSA) is 29.5 Å². The zero-order valence-electron chi connectivity index (χ0n) is 15.9. The second-order valence-corrected chi connectivity index (χ2v) is 7.88. The van der Waals surface area contributed by atoms with Crippen molar-refractivity contribution in [3.63, 3.8) is 0 Å². The van der Waals surface area contributed by atoms with Gasteiger partial charge in [0.2, 0.25) is 0 Å². The van der Waals surface area contributed by atoms with Crippen LogP contribution >= 0.6 is 0 Å². The second-order valence-electron chi connectivity index (χ2n) is 7.88. The van der Waals surface area contributed by atoms with Gasteiger partial charge < -0.3 is 4.74 Å². The molecule has 2 fully saturated rings. The molecule has 3 heteroatoms. The van der Waals surface area contributed by atoms with Gasteiger partial charge in [0.25, 0.3) is 0 Å². The van der Waals surface area contributed by atoms with E-state index in [0.717, 1.165) is 51.9 Å². The number of unbranched alkanes of at least 4 members (excludes halogenated alkanes) is 4. The van der Waals surface area contributed by atoms with Crippen molar-refractivity contribution in [2.24, 2.45) is 5.92 Å². The molecule has 2 saturated heterocycles. The predicted molar refractivity (Wildman–Crippen MR) is 106 cm³/mol. The molecule has 0 saturated carbocycles. The normalized spacial score (nSPS) is 25.8. The minimum absolute atomic E-state index is 0.245. The molecule has 2 bridgehead atoms. The van der Waals surface area contributed by atoms with Crippen LogP contribution in [-0.4, -0.2) is 36.0 Å². The highest BCUT2D eigenvalue weighted by atomic mass is 16.5. The molecule has 3 rings (SSSR count). The fourth-order valence-corrected chi connectivity index (χ4v) is 4.45. The smallest absolute Gasteiger partial charge is 0.136 e. The monoisotopic (exact) mass is 355 g/mol. The molecule has 0 radical (unpaired) electrons. The molecule has 0 N–H and O–H groups in total. The largest absolute Gasteiger partial charge is 0.378 e. The molecule has 3 nitrogen and oxygen atoms in total. The zero-order chi connectivity index (χ0) is 18.2. The molecule has 0 aliphatic carbocycles. The molecule has 0 amide bonds. The van der Waals surface area contributed by atoms with Crippen LogP contribution in [0.5, 0.6) is 0 Å². The van der Waals surface area contributed by atoms with Gasteiger partial charge in [0, 0.05) is 31.0 Å². The Balaban J connectivity index is 1.47. The van der Waals surface area contributed by atoms with Crippen molar-refractivity contribution < 1.29 is 9.53 Å². The summed E-state index contributed by atoms with van der Waals surface area (Å²) in [7, 11) is 0. The molecule has 2 heterocycles. The van der Waals surface area contributed by atoms with Gasteiger partial charge in [0.05, 0.1) is 13.2 Å². The van der Waals surface area contributed by atoms with Crippen LogP contribution in [0.3, 0.4) is 0 Å². The van der Waals surface area contributed by atoms with E-state index in [4.69, 9.17) is 4.74 Å².